The average molecular weight is 567 g/mol. The second-order valence-electron chi connectivity index (χ2n) is 9.37. The largest absolute Gasteiger partial charge is 0.490 e. The molecule has 6 nitrogen and oxygen atoms in total. The molecule has 0 saturated heterocycles. The molecule has 0 saturated carbocycles. The van der Waals surface area contributed by atoms with Crippen LogP contribution in [-0.2, 0) is 18.0 Å². The Balaban J connectivity index is 1.41. The third-order valence-electron chi connectivity index (χ3n) is 6.37. The lowest BCUT2D eigenvalue weighted by Crippen LogP contribution is -2.13. The van der Waals surface area contributed by atoms with E-state index in [1.54, 1.807) is 42.5 Å². The normalized spacial score (nSPS) is 11.0. The molecule has 0 atom stereocenters. The van der Waals surface area contributed by atoms with Crippen LogP contribution in [0.1, 0.15) is 34.7 Å². The summed E-state index contributed by atoms with van der Waals surface area (Å²) in [6, 6.07) is 27.9. The molecule has 4 aromatic carbocycles. The van der Waals surface area contributed by atoms with Crippen molar-refractivity contribution in [2.75, 3.05) is 11.9 Å². The lowest BCUT2D eigenvalue weighted by molar-refractivity contribution is -0.112. The second-order valence-corrected chi connectivity index (χ2v) is 9.78. The zero-order valence-electron chi connectivity index (χ0n) is 23.2. The number of nitrogens with one attached hydrogen (secondary N) is 1. The van der Waals surface area contributed by atoms with Crippen LogP contribution in [0.4, 0.5) is 5.69 Å². The Morgan fingerprint density at radius 1 is 0.878 bits per heavy atom. The zero-order valence-corrected chi connectivity index (χ0v) is 24.0. The number of rotatable bonds is 11. The number of aryl methyl sites for hydroxylation is 2. The number of nitrogens with zero attached hydrogens (tertiary/aromatic N) is 1. The summed E-state index contributed by atoms with van der Waals surface area (Å²) in [5, 5.41) is 13.1. The summed E-state index contributed by atoms with van der Waals surface area (Å²) in [4.78, 5) is 12.9. The molecule has 4 aromatic rings. The Labute approximate surface area is 245 Å². The minimum absolute atomic E-state index is 0.0460. The summed E-state index contributed by atoms with van der Waals surface area (Å²) in [5.41, 5.74) is 5.50. The molecule has 1 amide bonds. The third kappa shape index (κ3) is 8.14. The van der Waals surface area contributed by atoms with E-state index >= 15 is 0 Å². The molecule has 0 bridgehead atoms. The van der Waals surface area contributed by atoms with Crippen molar-refractivity contribution in [2.24, 2.45) is 0 Å². The second kappa shape index (κ2) is 14.1. The molecule has 0 heterocycles. The van der Waals surface area contributed by atoms with Crippen molar-refractivity contribution in [3.05, 3.63) is 123 Å². The van der Waals surface area contributed by atoms with Gasteiger partial charge in [-0.25, -0.2) is 0 Å². The topological polar surface area (TPSA) is 80.6 Å². The number of carbonyl (C=O) groups excluding carboxylic acids is 1. The highest BCUT2D eigenvalue weighted by molar-refractivity contribution is 6.31. The van der Waals surface area contributed by atoms with Crippen molar-refractivity contribution in [3.63, 3.8) is 0 Å². The van der Waals surface area contributed by atoms with Gasteiger partial charge in [0.15, 0.2) is 11.5 Å². The van der Waals surface area contributed by atoms with E-state index in [9.17, 15) is 10.1 Å². The van der Waals surface area contributed by atoms with Crippen LogP contribution < -0.4 is 19.5 Å². The summed E-state index contributed by atoms with van der Waals surface area (Å²) in [6.07, 6.45) is 1.52. The first-order valence-corrected chi connectivity index (χ1v) is 13.6. The molecule has 7 heteroatoms. The van der Waals surface area contributed by atoms with Gasteiger partial charge in [0, 0.05) is 16.3 Å². The maximum absolute atomic E-state index is 12.9. The van der Waals surface area contributed by atoms with Gasteiger partial charge < -0.3 is 19.5 Å². The fourth-order valence-corrected chi connectivity index (χ4v) is 4.17. The minimum Gasteiger partial charge on any atom is -0.490 e. The monoisotopic (exact) mass is 566 g/mol. The molecule has 208 valence electrons. The maximum Gasteiger partial charge on any atom is 0.266 e. The molecular weight excluding hydrogens is 536 g/mol. The Morgan fingerprint density at radius 2 is 1.66 bits per heavy atom. The van der Waals surface area contributed by atoms with Crippen LogP contribution in [0.15, 0.2) is 90.5 Å². The van der Waals surface area contributed by atoms with Gasteiger partial charge in [0.1, 0.15) is 30.6 Å². The van der Waals surface area contributed by atoms with E-state index in [-0.39, 0.29) is 5.57 Å². The first kappa shape index (κ1) is 29.3. The predicted octanol–water partition coefficient (Wildman–Crippen LogP) is 8.06. The van der Waals surface area contributed by atoms with Crippen molar-refractivity contribution in [2.45, 2.75) is 34.0 Å². The standard InChI is InChI=1S/C34H31ClN2O4/c1-4-39-33-19-25(11-16-32(33)41-21-26-10-9-23(2)24(3)17-26)18-28(20-36)34(38)37-29-12-14-30(15-13-29)40-22-27-7-5-6-8-31(27)35/h5-19H,4,21-22H2,1-3H3,(H,37,38)/b28-18+. The van der Waals surface area contributed by atoms with Gasteiger partial charge in [-0.3, -0.25) is 4.79 Å². The van der Waals surface area contributed by atoms with Gasteiger partial charge in [-0.05, 0) is 91.6 Å². The fourth-order valence-electron chi connectivity index (χ4n) is 3.98. The molecule has 0 fully saturated rings. The molecule has 41 heavy (non-hydrogen) atoms. The highest BCUT2D eigenvalue weighted by atomic mass is 35.5. The number of halogens is 1. The fraction of sp³-hybridized carbons (Fsp3) is 0.176. The Bertz CT molecular complexity index is 1590. The molecule has 1 N–H and O–H groups in total. The highest BCUT2D eigenvalue weighted by Crippen LogP contribution is 2.30. The van der Waals surface area contributed by atoms with Gasteiger partial charge in [-0.2, -0.15) is 5.26 Å². The van der Waals surface area contributed by atoms with Crippen LogP contribution in [0.5, 0.6) is 17.2 Å². The van der Waals surface area contributed by atoms with E-state index in [1.807, 2.05) is 43.3 Å². The summed E-state index contributed by atoms with van der Waals surface area (Å²) in [7, 11) is 0. The molecule has 0 unspecified atom stereocenters. The van der Waals surface area contributed by atoms with Gasteiger partial charge in [0.25, 0.3) is 5.91 Å². The zero-order chi connectivity index (χ0) is 29.2. The molecular formula is C34H31ClN2O4. The number of amides is 1. The van der Waals surface area contributed by atoms with Crippen LogP contribution in [0, 0.1) is 25.2 Å². The van der Waals surface area contributed by atoms with E-state index in [2.05, 4.69) is 31.3 Å². The summed E-state index contributed by atoms with van der Waals surface area (Å²) in [5.74, 6) is 1.23. The van der Waals surface area contributed by atoms with E-state index in [4.69, 9.17) is 25.8 Å². The van der Waals surface area contributed by atoms with Crippen molar-refractivity contribution in [3.8, 4) is 23.3 Å². The summed E-state index contributed by atoms with van der Waals surface area (Å²) < 4.78 is 17.6. The quantitative estimate of drug-likeness (QED) is 0.147. The van der Waals surface area contributed by atoms with E-state index in [0.717, 1.165) is 11.1 Å². The first-order chi connectivity index (χ1) is 19.9. The number of anilines is 1. The molecule has 0 radical (unpaired) electrons. The molecule has 0 aliphatic heterocycles. The van der Waals surface area contributed by atoms with Gasteiger partial charge in [0.05, 0.1) is 6.61 Å². The van der Waals surface area contributed by atoms with Crippen LogP contribution in [0.2, 0.25) is 5.02 Å². The number of ether oxygens (including phenoxy) is 3. The van der Waals surface area contributed by atoms with Crippen molar-refractivity contribution in [1.29, 1.82) is 5.26 Å². The Kier molecular flexibility index (Phi) is 10.0. The van der Waals surface area contributed by atoms with E-state index < -0.39 is 5.91 Å². The predicted molar refractivity (Wildman–Crippen MR) is 162 cm³/mol. The van der Waals surface area contributed by atoms with Gasteiger partial charge in [0.2, 0.25) is 0 Å². The molecule has 0 aliphatic carbocycles. The molecule has 0 aromatic heterocycles. The number of nitriles is 1. The Hall–Kier alpha value is -4.73. The van der Waals surface area contributed by atoms with Crippen LogP contribution in [-0.4, -0.2) is 12.5 Å². The third-order valence-corrected chi connectivity index (χ3v) is 6.74. The van der Waals surface area contributed by atoms with Gasteiger partial charge in [-0.15, -0.1) is 0 Å². The molecule has 0 spiro atoms. The lowest BCUT2D eigenvalue weighted by atomic mass is 10.1. The maximum atomic E-state index is 12.9. The lowest BCUT2D eigenvalue weighted by Gasteiger charge is -2.13. The summed E-state index contributed by atoms with van der Waals surface area (Å²) in [6.45, 7) is 7.19. The van der Waals surface area contributed by atoms with Crippen molar-refractivity contribution >= 4 is 29.3 Å². The average Bonchev–Trinajstić information content (AvgIpc) is 2.97. The molecule has 0 aliphatic rings. The first-order valence-electron chi connectivity index (χ1n) is 13.2. The summed E-state index contributed by atoms with van der Waals surface area (Å²) >= 11 is 6.18. The van der Waals surface area contributed by atoms with Gasteiger partial charge >= 0.3 is 0 Å². The number of hydrogen-bond acceptors (Lipinski definition) is 5. The number of carbonyl (C=O) groups is 1. The SMILES string of the molecule is CCOc1cc(/C=C(\C#N)C(=O)Nc2ccc(OCc3ccccc3Cl)cc2)ccc1OCc1ccc(C)c(C)c1. The van der Waals surface area contributed by atoms with Crippen LogP contribution in [0.25, 0.3) is 6.08 Å². The Morgan fingerprint density at radius 3 is 2.37 bits per heavy atom. The number of benzene rings is 4. The van der Waals surface area contributed by atoms with Gasteiger partial charge in [-0.1, -0.05) is 54.1 Å². The highest BCUT2D eigenvalue weighted by Gasteiger charge is 2.12. The van der Waals surface area contributed by atoms with Crippen LogP contribution >= 0.6 is 11.6 Å². The van der Waals surface area contributed by atoms with Crippen molar-refractivity contribution in [1.82, 2.24) is 0 Å². The smallest absolute Gasteiger partial charge is 0.266 e. The number of hydrogen-bond donors (Lipinski definition) is 1. The minimum atomic E-state index is -0.523. The van der Waals surface area contributed by atoms with Crippen LogP contribution in [0.3, 0.4) is 0 Å². The molecule has 4 rings (SSSR count). The van der Waals surface area contributed by atoms with Crippen molar-refractivity contribution < 1.29 is 19.0 Å². The van der Waals surface area contributed by atoms with E-state index in [1.165, 1.54) is 17.2 Å². The van der Waals surface area contributed by atoms with E-state index in [0.29, 0.717) is 53.3 Å².